The van der Waals surface area contributed by atoms with Crippen LogP contribution in [0.3, 0.4) is 0 Å². The van der Waals surface area contributed by atoms with Gasteiger partial charge in [0.2, 0.25) is 5.91 Å². The van der Waals surface area contributed by atoms with Gasteiger partial charge < -0.3 is 10.4 Å². The van der Waals surface area contributed by atoms with E-state index in [-0.39, 0.29) is 11.8 Å². The number of allylic oxidation sites excluding steroid dienone is 2. The Kier molecular flexibility index (Phi) is 5.02. The van der Waals surface area contributed by atoms with Crippen molar-refractivity contribution in [3.8, 4) is 0 Å². The molecule has 0 bridgehead atoms. The molecule has 4 heteroatoms. The maximum atomic E-state index is 11.7. The average molecular weight is 225 g/mol. The highest BCUT2D eigenvalue weighted by Crippen LogP contribution is 2.18. The zero-order valence-corrected chi connectivity index (χ0v) is 9.61. The molecule has 1 rings (SSSR count). The molecule has 0 fully saturated rings. The third-order valence-corrected chi connectivity index (χ3v) is 2.84. The summed E-state index contributed by atoms with van der Waals surface area (Å²) in [5, 5.41) is 11.6. The highest BCUT2D eigenvalue weighted by atomic mass is 16.4. The monoisotopic (exact) mass is 225 g/mol. The molecule has 16 heavy (non-hydrogen) atoms. The van der Waals surface area contributed by atoms with Crippen LogP contribution in [0.4, 0.5) is 0 Å². The van der Waals surface area contributed by atoms with Crippen LogP contribution >= 0.6 is 0 Å². The number of amides is 1. The summed E-state index contributed by atoms with van der Waals surface area (Å²) in [7, 11) is 0. The van der Waals surface area contributed by atoms with Crippen LogP contribution in [0.25, 0.3) is 0 Å². The van der Waals surface area contributed by atoms with Gasteiger partial charge in [0.25, 0.3) is 0 Å². The summed E-state index contributed by atoms with van der Waals surface area (Å²) in [6.45, 7) is 2.00. The summed E-state index contributed by atoms with van der Waals surface area (Å²) in [6.07, 6.45) is 7.65. The topological polar surface area (TPSA) is 66.4 Å². The van der Waals surface area contributed by atoms with Crippen molar-refractivity contribution < 1.29 is 14.7 Å². The van der Waals surface area contributed by atoms with Crippen molar-refractivity contribution in [2.45, 2.75) is 45.1 Å². The predicted octanol–water partition coefficient (Wildman–Crippen LogP) is 1.71. The van der Waals surface area contributed by atoms with Crippen LogP contribution in [0.2, 0.25) is 0 Å². The van der Waals surface area contributed by atoms with E-state index in [9.17, 15) is 9.59 Å². The summed E-state index contributed by atoms with van der Waals surface area (Å²) in [5.41, 5.74) is 0. The van der Waals surface area contributed by atoms with Gasteiger partial charge in [-0.1, -0.05) is 31.9 Å². The minimum Gasteiger partial charge on any atom is -0.480 e. The number of rotatable bonds is 6. The van der Waals surface area contributed by atoms with Crippen molar-refractivity contribution in [1.82, 2.24) is 5.32 Å². The first kappa shape index (κ1) is 12.7. The quantitative estimate of drug-likeness (QED) is 0.676. The Balaban J connectivity index is 2.41. The zero-order chi connectivity index (χ0) is 12.0. The molecule has 90 valence electrons. The first-order chi connectivity index (χ1) is 7.65. The number of carboxylic acid groups (broad SMARTS) is 1. The van der Waals surface area contributed by atoms with E-state index >= 15 is 0 Å². The van der Waals surface area contributed by atoms with Crippen LogP contribution in [0, 0.1) is 5.92 Å². The van der Waals surface area contributed by atoms with Gasteiger partial charge in [0.05, 0.1) is 0 Å². The number of aliphatic carboxylic acids is 1. The molecule has 2 N–H and O–H groups in total. The lowest BCUT2D eigenvalue weighted by Crippen LogP contribution is -2.43. The number of carbonyl (C=O) groups is 2. The lowest BCUT2D eigenvalue weighted by Gasteiger charge is -2.16. The van der Waals surface area contributed by atoms with Gasteiger partial charge in [-0.15, -0.1) is 0 Å². The standard InChI is InChI=1S/C12H19NO3/c1-2-3-8-10(12(15)16)13-11(14)9-6-4-5-7-9/h4-5,9-10H,2-3,6-8H2,1H3,(H,13,14)(H,15,16)/t10-/m0/s1. The Labute approximate surface area is 95.7 Å². The van der Waals surface area contributed by atoms with Crippen LogP contribution in [-0.2, 0) is 9.59 Å². The molecule has 0 saturated carbocycles. The summed E-state index contributed by atoms with van der Waals surface area (Å²) in [6, 6.07) is -0.729. The molecule has 0 aromatic heterocycles. The van der Waals surface area contributed by atoms with Crippen LogP contribution in [0.5, 0.6) is 0 Å². The van der Waals surface area contributed by atoms with Crippen molar-refractivity contribution in [2.24, 2.45) is 5.92 Å². The normalized spacial score (nSPS) is 17.3. The fourth-order valence-electron chi connectivity index (χ4n) is 1.79. The van der Waals surface area contributed by atoms with E-state index in [0.29, 0.717) is 6.42 Å². The van der Waals surface area contributed by atoms with Crippen molar-refractivity contribution >= 4 is 11.9 Å². The number of unbranched alkanes of at least 4 members (excludes halogenated alkanes) is 1. The van der Waals surface area contributed by atoms with E-state index < -0.39 is 12.0 Å². The fourth-order valence-corrected chi connectivity index (χ4v) is 1.79. The first-order valence-corrected chi connectivity index (χ1v) is 5.83. The average Bonchev–Trinajstić information content (AvgIpc) is 2.76. The molecule has 4 nitrogen and oxygen atoms in total. The number of hydrogen-bond donors (Lipinski definition) is 2. The Morgan fingerprint density at radius 2 is 2.06 bits per heavy atom. The van der Waals surface area contributed by atoms with Crippen molar-refractivity contribution in [1.29, 1.82) is 0 Å². The second-order valence-corrected chi connectivity index (χ2v) is 4.18. The van der Waals surface area contributed by atoms with E-state index in [1.165, 1.54) is 0 Å². The molecule has 1 amide bonds. The highest BCUT2D eigenvalue weighted by Gasteiger charge is 2.24. The van der Waals surface area contributed by atoms with Gasteiger partial charge in [-0.25, -0.2) is 4.79 Å². The van der Waals surface area contributed by atoms with E-state index in [1.54, 1.807) is 0 Å². The Bertz CT molecular complexity index is 278. The molecule has 0 spiro atoms. The van der Waals surface area contributed by atoms with Gasteiger partial charge in [-0.2, -0.15) is 0 Å². The second kappa shape index (κ2) is 6.30. The van der Waals surface area contributed by atoms with E-state index in [0.717, 1.165) is 25.7 Å². The molecular formula is C12H19NO3. The molecule has 0 aliphatic heterocycles. The molecule has 0 aromatic rings. The molecule has 0 heterocycles. The predicted molar refractivity (Wildman–Crippen MR) is 61.0 cm³/mol. The van der Waals surface area contributed by atoms with Crippen LogP contribution in [0.15, 0.2) is 12.2 Å². The van der Waals surface area contributed by atoms with Crippen molar-refractivity contribution in [2.75, 3.05) is 0 Å². The lowest BCUT2D eigenvalue weighted by molar-refractivity contribution is -0.142. The molecule has 0 saturated heterocycles. The van der Waals surface area contributed by atoms with Gasteiger partial charge >= 0.3 is 5.97 Å². The molecule has 0 unspecified atom stereocenters. The Morgan fingerprint density at radius 1 is 1.44 bits per heavy atom. The zero-order valence-electron chi connectivity index (χ0n) is 9.61. The summed E-state index contributed by atoms with van der Waals surface area (Å²) in [4.78, 5) is 22.6. The minimum atomic E-state index is -0.937. The number of nitrogens with one attached hydrogen (secondary N) is 1. The van der Waals surface area contributed by atoms with Crippen molar-refractivity contribution in [3.05, 3.63) is 12.2 Å². The molecule has 1 atom stereocenters. The Hall–Kier alpha value is -1.32. The van der Waals surface area contributed by atoms with Gasteiger partial charge in [0.1, 0.15) is 6.04 Å². The lowest BCUT2D eigenvalue weighted by atomic mass is 10.0. The summed E-state index contributed by atoms with van der Waals surface area (Å²) < 4.78 is 0. The smallest absolute Gasteiger partial charge is 0.326 e. The maximum Gasteiger partial charge on any atom is 0.326 e. The van der Waals surface area contributed by atoms with Gasteiger partial charge in [0, 0.05) is 5.92 Å². The molecule has 0 aromatic carbocycles. The first-order valence-electron chi connectivity index (χ1n) is 5.83. The Morgan fingerprint density at radius 3 is 2.56 bits per heavy atom. The molecule has 1 aliphatic rings. The van der Waals surface area contributed by atoms with Crippen LogP contribution in [-0.4, -0.2) is 23.0 Å². The number of carbonyl (C=O) groups excluding carboxylic acids is 1. The SMILES string of the molecule is CCCC[C@H](NC(=O)C1CC=CC1)C(=O)O. The summed E-state index contributed by atoms with van der Waals surface area (Å²) >= 11 is 0. The third-order valence-electron chi connectivity index (χ3n) is 2.84. The maximum absolute atomic E-state index is 11.7. The van der Waals surface area contributed by atoms with E-state index in [4.69, 9.17) is 5.11 Å². The highest BCUT2D eigenvalue weighted by molar-refractivity contribution is 5.85. The van der Waals surface area contributed by atoms with Gasteiger partial charge in [-0.05, 0) is 19.3 Å². The fraction of sp³-hybridized carbons (Fsp3) is 0.667. The van der Waals surface area contributed by atoms with Crippen molar-refractivity contribution in [3.63, 3.8) is 0 Å². The van der Waals surface area contributed by atoms with Crippen LogP contribution in [0.1, 0.15) is 39.0 Å². The third kappa shape index (κ3) is 3.68. The van der Waals surface area contributed by atoms with Gasteiger partial charge in [-0.3, -0.25) is 4.79 Å². The minimum absolute atomic E-state index is 0.0662. The number of hydrogen-bond acceptors (Lipinski definition) is 2. The second-order valence-electron chi connectivity index (χ2n) is 4.18. The molecule has 0 radical (unpaired) electrons. The molecule has 1 aliphatic carbocycles. The van der Waals surface area contributed by atoms with Crippen LogP contribution < -0.4 is 5.32 Å². The largest absolute Gasteiger partial charge is 0.480 e. The summed E-state index contributed by atoms with van der Waals surface area (Å²) in [5.74, 6) is -1.13. The van der Waals surface area contributed by atoms with E-state index in [1.807, 2.05) is 19.1 Å². The van der Waals surface area contributed by atoms with E-state index in [2.05, 4.69) is 5.32 Å². The molecular weight excluding hydrogens is 206 g/mol. The number of carboxylic acids is 1. The van der Waals surface area contributed by atoms with Gasteiger partial charge in [0.15, 0.2) is 0 Å².